The van der Waals surface area contributed by atoms with Crippen LogP contribution in [0.15, 0.2) is 42.6 Å². The number of fused-ring (bicyclic) bond motifs is 1. The van der Waals surface area contributed by atoms with Gasteiger partial charge in [0, 0.05) is 24.2 Å². The molecule has 3 aromatic rings. The minimum atomic E-state index is -1.19. The van der Waals surface area contributed by atoms with E-state index in [2.05, 4.69) is 10.3 Å². The van der Waals surface area contributed by atoms with Gasteiger partial charge in [0.2, 0.25) is 0 Å². The number of halogens is 1. The summed E-state index contributed by atoms with van der Waals surface area (Å²) in [4.78, 5) is 12.9. The number of rotatable bonds is 3. The van der Waals surface area contributed by atoms with E-state index in [1.807, 2.05) is 18.2 Å². The predicted octanol–water partition coefficient (Wildman–Crippen LogP) is 4.23. The Labute approximate surface area is 161 Å². The molecule has 0 saturated heterocycles. The number of carbonyl (C=O) groups is 1. The molecule has 0 radical (unpaired) electrons. The minimum Gasteiger partial charge on any atom is -0.465 e. The maximum Gasteiger partial charge on any atom is 0.412 e. The van der Waals surface area contributed by atoms with Crippen LogP contribution in [0, 0.1) is 5.82 Å². The molecule has 7 nitrogen and oxygen atoms in total. The van der Waals surface area contributed by atoms with Gasteiger partial charge in [-0.3, -0.25) is 9.58 Å². The molecule has 0 unspecified atom stereocenters. The molecule has 28 heavy (non-hydrogen) atoms. The first-order chi connectivity index (χ1) is 13.5. The predicted molar refractivity (Wildman–Crippen MR) is 101 cm³/mol. The van der Waals surface area contributed by atoms with Crippen molar-refractivity contribution >= 4 is 11.8 Å². The van der Waals surface area contributed by atoms with Crippen LogP contribution in [-0.4, -0.2) is 32.2 Å². The van der Waals surface area contributed by atoms with Crippen molar-refractivity contribution in [1.29, 1.82) is 0 Å². The number of anilines is 1. The number of amides is 1. The van der Waals surface area contributed by atoms with E-state index in [1.165, 1.54) is 10.7 Å². The van der Waals surface area contributed by atoms with E-state index >= 15 is 4.39 Å². The topological polar surface area (TPSA) is 80.5 Å². The fraction of sp³-hybridized carbons (Fsp3) is 0.250. The van der Waals surface area contributed by atoms with Crippen molar-refractivity contribution in [2.45, 2.75) is 25.8 Å². The normalized spacial score (nSPS) is 16.0. The first-order valence-corrected chi connectivity index (χ1v) is 8.93. The zero-order chi connectivity index (χ0) is 19.8. The van der Waals surface area contributed by atoms with Crippen molar-refractivity contribution in [3.05, 3.63) is 54.0 Å². The molecule has 0 spiro atoms. The Kier molecular flexibility index (Phi) is 4.46. The molecule has 8 heteroatoms. The van der Waals surface area contributed by atoms with Gasteiger partial charge >= 0.3 is 6.09 Å². The number of carboxylic acid groups (broad SMARTS) is 1. The van der Waals surface area contributed by atoms with Gasteiger partial charge in [0.25, 0.3) is 0 Å². The van der Waals surface area contributed by atoms with Gasteiger partial charge in [-0.1, -0.05) is 23.4 Å². The second-order valence-corrected chi connectivity index (χ2v) is 6.80. The van der Waals surface area contributed by atoms with E-state index in [-0.39, 0.29) is 11.7 Å². The maximum atomic E-state index is 15.1. The fourth-order valence-electron chi connectivity index (χ4n) is 3.54. The summed E-state index contributed by atoms with van der Waals surface area (Å²) in [6.07, 6.45) is 1.53. The van der Waals surface area contributed by atoms with E-state index < -0.39 is 11.9 Å². The molecule has 144 valence electrons. The highest BCUT2D eigenvalue weighted by Gasteiger charge is 2.35. The average molecular weight is 382 g/mol. The van der Waals surface area contributed by atoms with Crippen LogP contribution in [0.25, 0.3) is 11.3 Å². The summed E-state index contributed by atoms with van der Waals surface area (Å²) in [6.45, 7) is 1.77. The highest BCUT2D eigenvalue weighted by molar-refractivity contribution is 5.91. The lowest BCUT2D eigenvalue weighted by Crippen LogP contribution is -2.42. The van der Waals surface area contributed by atoms with Gasteiger partial charge in [0.1, 0.15) is 23.0 Å². The summed E-state index contributed by atoms with van der Waals surface area (Å²) in [5.41, 5.74) is 1.46. The lowest BCUT2D eigenvalue weighted by Gasteiger charge is -2.34. The summed E-state index contributed by atoms with van der Waals surface area (Å²) in [5.74, 6) is 0.355. The molecule has 0 saturated carbocycles. The zero-order valence-corrected chi connectivity index (χ0v) is 15.5. The smallest absolute Gasteiger partial charge is 0.412 e. The highest BCUT2D eigenvalue weighted by Crippen LogP contribution is 2.45. The van der Waals surface area contributed by atoms with E-state index in [4.69, 9.17) is 4.74 Å². The number of benzene rings is 2. The first-order valence-electron chi connectivity index (χ1n) is 8.93. The molecule has 2 aromatic carbocycles. The third-order valence-electron chi connectivity index (χ3n) is 4.84. The largest absolute Gasteiger partial charge is 0.465 e. The molecule has 1 atom stereocenters. The molecular formula is C20H19FN4O3. The molecule has 4 rings (SSSR count). The van der Waals surface area contributed by atoms with Crippen LogP contribution in [0.3, 0.4) is 0 Å². The molecule has 0 bridgehead atoms. The summed E-state index contributed by atoms with van der Waals surface area (Å²) in [5, 5.41) is 17.6. The molecule has 1 N–H and O–H groups in total. The van der Waals surface area contributed by atoms with E-state index in [0.717, 1.165) is 4.90 Å². The molecule has 1 aliphatic heterocycles. The van der Waals surface area contributed by atoms with Crippen LogP contribution in [0.4, 0.5) is 14.9 Å². The number of para-hydroxylation sites is 1. The SMILES string of the molecule is C[C@H]1CCc2c(Oc3ccccc3)c(-c3cn(C)nn3)cc(F)c2N1C(=O)O. The van der Waals surface area contributed by atoms with Gasteiger partial charge in [-0.2, -0.15) is 0 Å². The number of hydrogen-bond acceptors (Lipinski definition) is 4. The second-order valence-electron chi connectivity index (χ2n) is 6.80. The third kappa shape index (κ3) is 3.06. The van der Waals surface area contributed by atoms with Gasteiger partial charge in [-0.25, -0.2) is 9.18 Å². The fourth-order valence-corrected chi connectivity index (χ4v) is 3.54. The van der Waals surface area contributed by atoms with Gasteiger partial charge in [-0.05, 0) is 38.0 Å². The van der Waals surface area contributed by atoms with Gasteiger partial charge in [0.05, 0.1) is 11.9 Å². The quantitative estimate of drug-likeness (QED) is 0.733. The van der Waals surface area contributed by atoms with Crippen LogP contribution in [0.5, 0.6) is 11.5 Å². The molecule has 0 aliphatic carbocycles. The molecule has 1 amide bonds. The Bertz CT molecular complexity index is 1040. The standard InChI is InChI=1S/C20H19FN4O3/c1-12-8-9-14-18(25(12)20(26)27)16(21)10-15(17-11-24(2)23-22-17)19(14)28-13-6-4-3-5-7-13/h3-7,10-12H,8-9H2,1-2H3,(H,26,27)/t12-/m0/s1. The van der Waals surface area contributed by atoms with Crippen molar-refractivity contribution in [3.63, 3.8) is 0 Å². The number of nitrogens with zero attached hydrogens (tertiary/aromatic N) is 4. The number of aryl methyl sites for hydroxylation is 1. The van der Waals surface area contributed by atoms with E-state index in [1.54, 1.807) is 32.3 Å². The van der Waals surface area contributed by atoms with Crippen molar-refractivity contribution in [3.8, 4) is 22.8 Å². The monoisotopic (exact) mass is 382 g/mol. The number of hydrogen-bond donors (Lipinski definition) is 1. The van der Waals surface area contributed by atoms with E-state index in [9.17, 15) is 9.90 Å². The second kappa shape index (κ2) is 6.95. The third-order valence-corrected chi connectivity index (χ3v) is 4.84. The number of ether oxygens (including phenoxy) is 1. The lowest BCUT2D eigenvalue weighted by molar-refractivity contribution is 0.198. The Hall–Kier alpha value is -3.42. The van der Waals surface area contributed by atoms with Crippen molar-refractivity contribution in [1.82, 2.24) is 15.0 Å². The van der Waals surface area contributed by atoms with Crippen molar-refractivity contribution in [2.24, 2.45) is 7.05 Å². The average Bonchev–Trinajstić information content (AvgIpc) is 3.10. The van der Waals surface area contributed by atoms with E-state index in [0.29, 0.717) is 41.2 Å². The van der Waals surface area contributed by atoms with Crippen molar-refractivity contribution < 1.29 is 19.0 Å². The van der Waals surface area contributed by atoms with Crippen molar-refractivity contribution in [2.75, 3.05) is 4.90 Å². The summed E-state index contributed by atoms with van der Waals surface area (Å²) in [6, 6.07) is 10.1. The first kappa shape index (κ1) is 18.0. The summed E-state index contributed by atoms with van der Waals surface area (Å²) >= 11 is 0. The zero-order valence-electron chi connectivity index (χ0n) is 15.5. The van der Waals surface area contributed by atoms with Crippen LogP contribution in [0.2, 0.25) is 0 Å². The Balaban J connectivity index is 1.95. The van der Waals surface area contributed by atoms with Gasteiger partial charge in [0.15, 0.2) is 0 Å². The summed E-state index contributed by atoms with van der Waals surface area (Å²) < 4.78 is 22.8. The van der Waals surface area contributed by atoms with Gasteiger partial charge in [-0.15, -0.1) is 5.10 Å². The van der Waals surface area contributed by atoms with Crippen LogP contribution >= 0.6 is 0 Å². The molecule has 0 fully saturated rings. The maximum absolute atomic E-state index is 15.1. The lowest BCUT2D eigenvalue weighted by atomic mass is 9.92. The minimum absolute atomic E-state index is 0.0461. The van der Waals surface area contributed by atoms with Gasteiger partial charge < -0.3 is 9.84 Å². The van der Waals surface area contributed by atoms with Crippen LogP contribution in [-0.2, 0) is 13.5 Å². The molecular weight excluding hydrogens is 363 g/mol. The Morgan fingerprint density at radius 3 is 2.71 bits per heavy atom. The molecule has 2 heterocycles. The Morgan fingerprint density at radius 2 is 2.07 bits per heavy atom. The van der Waals surface area contributed by atoms with Crippen LogP contribution < -0.4 is 9.64 Å². The number of aromatic nitrogens is 3. The molecule has 1 aliphatic rings. The summed E-state index contributed by atoms with van der Waals surface area (Å²) in [7, 11) is 1.72. The Morgan fingerprint density at radius 1 is 1.32 bits per heavy atom. The highest BCUT2D eigenvalue weighted by atomic mass is 19.1. The van der Waals surface area contributed by atoms with Crippen LogP contribution in [0.1, 0.15) is 18.9 Å². The molecule has 1 aromatic heterocycles.